The van der Waals surface area contributed by atoms with Crippen LogP contribution in [-0.2, 0) is 0 Å². The van der Waals surface area contributed by atoms with Crippen molar-refractivity contribution in [2.75, 3.05) is 13.6 Å². The van der Waals surface area contributed by atoms with E-state index in [0.29, 0.717) is 5.96 Å². The van der Waals surface area contributed by atoms with Crippen LogP contribution in [-0.4, -0.2) is 19.6 Å². The first-order valence-corrected chi connectivity index (χ1v) is 3.27. The second kappa shape index (κ2) is 9.00. The average Bonchev–Trinajstić information content (AvgIpc) is 1.89. The summed E-state index contributed by atoms with van der Waals surface area (Å²) in [6.07, 6.45) is 2.33. The normalized spacial score (nSPS) is 10.4. The van der Waals surface area contributed by atoms with Crippen molar-refractivity contribution >= 4 is 29.9 Å². The number of guanidine groups is 1. The lowest BCUT2D eigenvalue weighted by Crippen LogP contribution is -2.31. The lowest BCUT2D eigenvalue weighted by Gasteiger charge is -2.01. The van der Waals surface area contributed by atoms with Crippen LogP contribution in [0.1, 0.15) is 19.8 Å². The van der Waals surface area contributed by atoms with E-state index in [1.165, 1.54) is 6.42 Å². The molecule has 0 saturated carbocycles. The van der Waals surface area contributed by atoms with E-state index in [2.05, 4.69) is 17.2 Å². The van der Waals surface area contributed by atoms with Crippen molar-refractivity contribution < 1.29 is 0 Å². The Kier molecular flexibility index (Phi) is 11.4. The molecule has 0 rings (SSSR count). The number of nitrogens with two attached hydrogens (primary N) is 1. The zero-order valence-electron chi connectivity index (χ0n) is 6.55. The molecule has 0 aromatic carbocycles. The van der Waals surface area contributed by atoms with Gasteiger partial charge in [0.15, 0.2) is 5.96 Å². The molecular weight excluding hydrogens is 241 g/mol. The first-order valence-electron chi connectivity index (χ1n) is 3.27. The second-order valence-corrected chi connectivity index (χ2v) is 1.89. The van der Waals surface area contributed by atoms with Crippen LogP contribution in [0.5, 0.6) is 0 Å². The first-order chi connectivity index (χ1) is 4.31. The Morgan fingerprint density at radius 1 is 1.60 bits per heavy atom. The van der Waals surface area contributed by atoms with E-state index in [1.54, 1.807) is 7.05 Å². The molecule has 0 saturated heterocycles. The molecule has 0 aliphatic rings. The summed E-state index contributed by atoms with van der Waals surface area (Å²) in [6, 6.07) is 0. The number of hydrogen-bond donors (Lipinski definition) is 2. The third-order valence-electron chi connectivity index (χ3n) is 1.08. The molecule has 0 heterocycles. The molecule has 0 spiro atoms. The summed E-state index contributed by atoms with van der Waals surface area (Å²) in [5.41, 5.74) is 5.35. The fourth-order valence-corrected chi connectivity index (χ4v) is 0.472. The summed E-state index contributed by atoms with van der Waals surface area (Å²) in [4.78, 5) is 3.74. The molecule has 0 amide bonds. The van der Waals surface area contributed by atoms with Crippen LogP contribution in [0.3, 0.4) is 0 Å². The SMILES string of the molecule is CCCCNC(N)=NC.I. The number of unbranched alkanes of at least 4 members (excludes halogenated alkanes) is 1. The monoisotopic (exact) mass is 257 g/mol. The van der Waals surface area contributed by atoms with Gasteiger partial charge in [-0.25, -0.2) is 0 Å². The number of halogens is 1. The molecule has 0 aromatic rings. The number of aliphatic imine (C=N–C) groups is 1. The Balaban J connectivity index is 0. The van der Waals surface area contributed by atoms with Crippen molar-refractivity contribution in [3.8, 4) is 0 Å². The average molecular weight is 257 g/mol. The Bertz CT molecular complexity index is 93.0. The third kappa shape index (κ3) is 8.00. The van der Waals surface area contributed by atoms with Gasteiger partial charge < -0.3 is 11.1 Å². The lowest BCUT2D eigenvalue weighted by atomic mass is 10.3. The smallest absolute Gasteiger partial charge is 0.188 e. The summed E-state index contributed by atoms with van der Waals surface area (Å²) >= 11 is 0. The molecule has 4 heteroatoms. The maximum atomic E-state index is 5.35. The highest BCUT2D eigenvalue weighted by Gasteiger charge is 1.84. The molecule has 0 fully saturated rings. The zero-order chi connectivity index (χ0) is 7.11. The third-order valence-corrected chi connectivity index (χ3v) is 1.08. The maximum Gasteiger partial charge on any atom is 0.188 e. The highest BCUT2D eigenvalue weighted by Crippen LogP contribution is 1.80. The molecule has 3 N–H and O–H groups in total. The van der Waals surface area contributed by atoms with Gasteiger partial charge in [-0.1, -0.05) is 13.3 Å². The van der Waals surface area contributed by atoms with Crippen LogP contribution in [0.4, 0.5) is 0 Å². The van der Waals surface area contributed by atoms with Gasteiger partial charge in [-0.05, 0) is 6.42 Å². The highest BCUT2D eigenvalue weighted by molar-refractivity contribution is 14.0. The molecule has 0 aromatic heterocycles. The number of nitrogens with zero attached hydrogens (tertiary/aromatic N) is 1. The minimum absolute atomic E-state index is 0. The molecule has 0 atom stereocenters. The summed E-state index contributed by atoms with van der Waals surface area (Å²) in [7, 11) is 1.67. The van der Waals surface area contributed by atoms with Crippen molar-refractivity contribution in [3.05, 3.63) is 0 Å². The van der Waals surface area contributed by atoms with Gasteiger partial charge in [-0.2, -0.15) is 0 Å². The van der Waals surface area contributed by atoms with Crippen LogP contribution in [0.15, 0.2) is 4.99 Å². The van der Waals surface area contributed by atoms with Gasteiger partial charge in [-0.3, -0.25) is 4.99 Å². The van der Waals surface area contributed by atoms with Crippen LogP contribution in [0.2, 0.25) is 0 Å². The van der Waals surface area contributed by atoms with Crippen LogP contribution in [0.25, 0.3) is 0 Å². The molecule has 10 heavy (non-hydrogen) atoms. The van der Waals surface area contributed by atoms with Crippen molar-refractivity contribution in [2.45, 2.75) is 19.8 Å². The summed E-state index contributed by atoms with van der Waals surface area (Å²) in [6.45, 7) is 3.07. The van der Waals surface area contributed by atoms with Crippen molar-refractivity contribution in [3.63, 3.8) is 0 Å². The van der Waals surface area contributed by atoms with E-state index in [9.17, 15) is 0 Å². The Morgan fingerprint density at radius 3 is 2.60 bits per heavy atom. The van der Waals surface area contributed by atoms with Gasteiger partial charge in [-0.15, -0.1) is 24.0 Å². The quantitative estimate of drug-likeness (QED) is 0.342. The van der Waals surface area contributed by atoms with Gasteiger partial charge in [0.25, 0.3) is 0 Å². The lowest BCUT2D eigenvalue weighted by molar-refractivity contribution is 0.750. The predicted octanol–water partition coefficient (Wildman–Crippen LogP) is 0.939. The van der Waals surface area contributed by atoms with Crippen LogP contribution < -0.4 is 11.1 Å². The van der Waals surface area contributed by atoms with E-state index >= 15 is 0 Å². The molecule has 0 radical (unpaired) electrons. The highest BCUT2D eigenvalue weighted by atomic mass is 127. The zero-order valence-corrected chi connectivity index (χ0v) is 8.88. The molecular formula is C6H16IN3. The first kappa shape index (κ1) is 12.7. The summed E-state index contributed by atoms with van der Waals surface area (Å²) in [5.74, 6) is 0.531. The van der Waals surface area contributed by atoms with Crippen LogP contribution in [0, 0.1) is 0 Å². The maximum absolute atomic E-state index is 5.35. The molecule has 0 unspecified atom stereocenters. The fraction of sp³-hybridized carbons (Fsp3) is 0.833. The Morgan fingerprint density at radius 2 is 2.20 bits per heavy atom. The van der Waals surface area contributed by atoms with Crippen LogP contribution >= 0.6 is 24.0 Å². The molecule has 0 aliphatic carbocycles. The summed E-state index contributed by atoms with van der Waals surface area (Å²) < 4.78 is 0. The van der Waals surface area contributed by atoms with E-state index in [-0.39, 0.29) is 24.0 Å². The number of nitrogens with one attached hydrogen (secondary N) is 1. The van der Waals surface area contributed by atoms with Gasteiger partial charge in [0, 0.05) is 13.6 Å². The second-order valence-electron chi connectivity index (χ2n) is 1.89. The van der Waals surface area contributed by atoms with E-state index < -0.39 is 0 Å². The van der Waals surface area contributed by atoms with E-state index in [1.807, 2.05) is 0 Å². The molecule has 0 aliphatic heterocycles. The standard InChI is InChI=1S/C6H15N3.HI/c1-3-4-5-9-6(7)8-2;/h3-5H2,1-2H3,(H3,7,8,9);1H. The Labute approximate surface area is 79.5 Å². The van der Waals surface area contributed by atoms with Crippen molar-refractivity contribution in [2.24, 2.45) is 10.7 Å². The van der Waals surface area contributed by atoms with E-state index in [4.69, 9.17) is 5.73 Å². The van der Waals surface area contributed by atoms with Gasteiger partial charge in [0.2, 0.25) is 0 Å². The largest absolute Gasteiger partial charge is 0.370 e. The molecule has 62 valence electrons. The van der Waals surface area contributed by atoms with Gasteiger partial charge in [0.1, 0.15) is 0 Å². The molecule has 3 nitrogen and oxygen atoms in total. The molecule has 0 bridgehead atoms. The van der Waals surface area contributed by atoms with Crippen molar-refractivity contribution in [1.29, 1.82) is 0 Å². The van der Waals surface area contributed by atoms with Gasteiger partial charge >= 0.3 is 0 Å². The minimum Gasteiger partial charge on any atom is -0.370 e. The van der Waals surface area contributed by atoms with Crippen molar-refractivity contribution in [1.82, 2.24) is 5.32 Å². The minimum atomic E-state index is 0. The number of rotatable bonds is 3. The topological polar surface area (TPSA) is 50.4 Å². The van der Waals surface area contributed by atoms with Gasteiger partial charge in [0.05, 0.1) is 0 Å². The Hall–Kier alpha value is 0. The number of hydrogen-bond acceptors (Lipinski definition) is 1. The summed E-state index contributed by atoms with van der Waals surface area (Å²) in [5, 5.41) is 2.96. The van der Waals surface area contributed by atoms with E-state index in [0.717, 1.165) is 13.0 Å². The predicted molar refractivity (Wildman–Crippen MR) is 55.9 cm³/mol. The fourth-order valence-electron chi connectivity index (χ4n) is 0.472.